The fraction of sp³-hybridized carbons (Fsp3) is 0.455. The van der Waals surface area contributed by atoms with Gasteiger partial charge in [-0.25, -0.2) is 19.4 Å². The molecule has 1 atom stereocenters. The van der Waals surface area contributed by atoms with Gasteiger partial charge < -0.3 is 20.0 Å². The number of urea groups is 1. The number of hydrogen-bond donors (Lipinski definition) is 1. The number of hydrogen-bond acceptors (Lipinski definition) is 7. The first-order valence-corrected chi connectivity index (χ1v) is 11.1. The van der Waals surface area contributed by atoms with E-state index >= 15 is 0 Å². The second-order valence-corrected chi connectivity index (χ2v) is 8.68. The van der Waals surface area contributed by atoms with E-state index in [2.05, 4.69) is 30.5 Å². The number of benzene rings is 1. The van der Waals surface area contributed by atoms with Crippen LogP contribution in [0.25, 0.3) is 11.2 Å². The lowest BCUT2D eigenvalue weighted by Gasteiger charge is -2.35. The van der Waals surface area contributed by atoms with Gasteiger partial charge in [0.1, 0.15) is 6.33 Å². The van der Waals surface area contributed by atoms with Crippen molar-refractivity contribution in [2.24, 2.45) is 7.05 Å². The molecule has 3 aromatic rings. The molecule has 11 heteroatoms. The Balaban J connectivity index is 1.19. The van der Waals surface area contributed by atoms with Crippen LogP contribution in [0.5, 0.6) is 0 Å². The van der Waals surface area contributed by atoms with Gasteiger partial charge >= 0.3 is 6.03 Å². The van der Waals surface area contributed by atoms with Gasteiger partial charge in [-0.3, -0.25) is 4.79 Å². The lowest BCUT2D eigenvalue weighted by Crippen LogP contribution is -2.54. The highest BCUT2D eigenvalue weighted by molar-refractivity contribution is 5.97. The zero-order chi connectivity index (χ0) is 23.1. The average Bonchev–Trinajstić information content (AvgIpc) is 3.38. The van der Waals surface area contributed by atoms with Crippen LogP contribution in [0.15, 0.2) is 24.5 Å². The predicted molar refractivity (Wildman–Crippen MR) is 123 cm³/mol. The fourth-order valence-electron chi connectivity index (χ4n) is 4.41. The van der Waals surface area contributed by atoms with Gasteiger partial charge in [0.05, 0.1) is 6.04 Å². The molecular weight excluding hydrogens is 422 g/mol. The summed E-state index contributed by atoms with van der Waals surface area (Å²) in [5.41, 5.74) is 4.56. The van der Waals surface area contributed by atoms with Crippen molar-refractivity contribution < 1.29 is 9.59 Å². The standard InChI is InChI=1S/C22H27N9O2/c1-14-4-5-17(10-15(14)2)31-12-16(11-18(31)32)25-22(33)30-8-6-29(7-9-30)21-19-20(23-13-24-21)28(3)27-26-19/h4-5,10,13,16H,6-9,11-12H2,1-3H3,(H,25,33). The first kappa shape index (κ1) is 21.1. The number of anilines is 2. The molecule has 0 bridgehead atoms. The van der Waals surface area contributed by atoms with Gasteiger partial charge in [0.15, 0.2) is 17.0 Å². The summed E-state index contributed by atoms with van der Waals surface area (Å²) in [6.07, 6.45) is 1.82. The van der Waals surface area contributed by atoms with Gasteiger partial charge in [-0.1, -0.05) is 11.3 Å². The van der Waals surface area contributed by atoms with Gasteiger partial charge in [-0.2, -0.15) is 0 Å². The van der Waals surface area contributed by atoms with Crippen LogP contribution >= 0.6 is 0 Å². The van der Waals surface area contributed by atoms with E-state index in [9.17, 15) is 9.59 Å². The van der Waals surface area contributed by atoms with Crippen LogP contribution < -0.4 is 15.1 Å². The molecule has 2 fully saturated rings. The van der Waals surface area contributed by atoms with E-state index in [1.165, 1.54) is 11.9 Å². The molecule has 2 aliphatic heterocycles. The minimum Gasteiger partial charge on any atom is -0.351 e. The summed E-state index contributed by atoms with van der Waals surface area (Å²) in [7, 11) is 1.79. The van der Waals surface area contributed by atoms with E-state index in [1.54, 1.807) is 21.5 Å². The number of carbonyl (C=O) groups excluding carboxylic acids is 2. The summed E-state index contributed by atoms with van der Waals surface area (Å²) < 4.78 is 1.62. The Morgan fingerprint density at radius 1 is 1.09 bits per heavy atom. The third-order valence-corrected chi connectivity index (χ3v) is 6.49. The molecular formula is C22H27N9O2. The van der Waals surface area contributed by atoms with Crippen LogP contribution in [0.1, 0.15) is 17.5 Å². The maximum absolute atomic E-state index is 12.9. The molecule has 5 rings (SSSR count). The third-order valence-electron chi connectivity index (χ3n) is 6.49. The van der Waals surface area contributed by atoms with Crippen LogP contribution in [0.3, 0.4) is 0 Å². The van der Waals surface area contributed by atoms with E-state index in [-0.39, 0.29) is 18.0 Å². The second kappa shape index (κ2) is 8.30. The number of aryl methyl sites for hydroxylation is 3. The highest BCUT2D eigenvalue weighted by Gasteiger charge is 2.33. The smallest absolute Gasteiger partial charge is 0.317 e. The number of piperazine rings is 1. The quantitative estimate of drug-likeness (QED) is 0.635. The van der Waals surface area contributed by atoms with Crippen molar-refractivity contribution in [1.29, 1.82) is 0 Å². The summed E-state index contributed by atoms with van der Waals surface area (Å²) in [5, 5.41) is 11.3. The molecule has 2 aromatic heterocycles. The first-order chi connectivity index (χ1) is 15.9. The SMILES string of the molecule is Cc1ccc(N2CC(NC(=O)N3CCN(c4ncnc5c4nnn5C)CC3)CC2=O)cc1C. The van der Waals surface area contributed by atoms with E-state index in [0.29, 0.717) is 50.3 Å². The highest BCUT2D eigenvalue weighted by atomic mass is 16.2. The van der Waals surface area contributed by atoms with Gasteiger partial charge in [0, 0.05) is 51.9 Å². The largest absolute Gasteiger partial charge is 0.351 e. The van der Waals surface area contributed by atoms with E-state index in [4.69, 9.17) is 0 Å². The Morgan fingerprint density at radius 3 is 2.64 bits per heavy atom. The number of nitrogens with zero attached hydrogens (tertiary/aromatic N) is 8. The molecule has 2 saturated heterocycles. The van der Waals surface area contributed by atoms with Crippen molar-refractivity contribution in [2.45, 2.75) is 26.3 Å². The third kappa shape index (κ3) is 3.94. The number of fused-ring (bicyclic) bond motifs is 1. The van der Waals surface area contributed by atoms with Gasteiger partial charge in [0.25, 0.3) is 0 Å². The predicted octanol–water partition coefficient (Wildman–Crippen LogP) is 1.01. The number of nitrogens with one attached hydrogen (secondary N) is 1. The van der Waals surface area contributed by atoms with Crippen LogP contribution in [0, 0.1) is 13.8 Å². The van der Waals surface area contributed by atoms with E-state index in [0.717, 1.165) is 17.1 Å². The summed E-state index contributed by atoms with van der Waals surface area (Å²) in [4.78, 5) is 39.7. The van der Waals surface area contributed by atoms with Crippen molar-refractivity contribution in [3.63, 3.8) is 0 Å². The van der Waals surface area contributed by atoms with Crippen molar-refractivity contribution >= 4 is 34.6 Å². The van der Waals surface area contributed by atoms with Gasteiger partial charge in [-0.05, 0) is 37.1 Å². The molecule has 1 aromatic carbocycles. The Morgan fingerprint density at radius 2 is 1.88 bits per heavy atom. The second-order valence-electron chi connectivity index (χ2n) is 8.68. The van der Waals surface area contributed by atoms with Crippen LogP contribution in [-0.2, 0) is 11.8 Å². The molecule has 0 radical (unpaired) electrons. The maximum Gasteiger partial charge on any atom is 0.317 e. The van der Waals surface area contributed by atoms with Crippen molar-refractivity contribution in [3.8, 4) is 0 Å². The number of carbonyl (C=O) groups is 2. The molecule has 172 valence electrons. The Kier molecular flexibility index (Phi) is 5.31. The Hall–Kier alpha value is -3.76. The fourth-order valence-corrected chi connectivity index (χ4v) is 4.41. The maximum atomic E-state index is 12.9. The zero-order valence-electron chi connectivity index (χ0n) is 19.0. The number of amides is 3. The first-order valence-electron chi connectivity index (χ1n) is 11.1. The zero-order valence-corrected chi connectivity index (χ0v) is 19.0. The molecule has 1 N–H and O–H groups in total. The summed E-state index contributed by atoms with van der Waals surface area (Å²) >= 11 is 0. The highest BCUT2D eigenvalue weighted by Crippen LogP contribution is 2.25. The van der Waals surface area contributed by atoms with Crippen LogP contribution in [0.2, 0.25) is 0 Å². The Labute approximate surface area is 191 Å². The molecule has 0 spiro atoms. The van der Waals surface area contributed by atoms with E-state index in [1.807, 2.05) is 32.0 Å². The molecule has 3 amide bonds. The lowest BCUT2D eigenvalue weighted by molar-refractivity contribution is -0.117. The average molecular weight is 450 g/mol. The van der Waals surface area contributed by atoms with Gasteiger partial charge in [-0.15, -0.1) is 5.10 Å². The minimum absolute atomic E-state index is 0.0325. The molecule has 1 unspecified atom stereocenters. The summed E-state index contributed by atoms with van der Waals surface area (Å²) in [6, 6.07) is 5.67. The molecule has 11 nitrogen and oxygen atoms in total. The van der Waals surface area contributed by atoms with Crippen molar-refractivity contribution in [1.82, 2.24) is 35.2 Å². The van der Waals surface area contributed by atoms with Crippen molar-refractivity contribution in [3.05, 3.63) is 35.7 Å². The number of rotatable bonds is 3. The molecule has 4 heterocycles. The molecule has 0 saturated carbocycles. The number of aromatic nitrogens is 5. The molecule has 2 aliphatic rings. The van der Waals surface area contributed by atoms with Crippen LogP contribution in [0.4, 0.5) is 16.3 Å². The van der Waals surface area contributed by atoms with Gasteiger partial charge in [0.2, 0.25) is 5.91 Å². The summed E-state index contributed by atoms with van der Waals surface area (Å²) in [5.74, 6) is 0.767. The van der Waals surface area contributed by atoms with Crippen molar-refractivity contribution in [2.75, 3.05) is 42.5 Å². The monoisotopic (exact) mass is 449 g/mol. The topological polar surface area (TPSA) is 112 Å². The molecule has 0 aliphatic carbocycles. The summed E-state index contributed by atoms with van der Waals surface area (Å²) in [6.45, 7) is 6.95. The Bertz CT molecular complexity index is 1220. The van der Waals surface area contributed by atoms with Crippen LogP contribution in [-0.4, -0.2) is 80.6 Å². The molecule has 33 heavy (non-hydrogen) atoms. The van der Waals surface area contributed by atoms with E-state index < -0.39 is 0 Å². The lowest BCUT2D eigenvalue weighted by atomic mass is 10.1. The normalized spacial score (nSPS) is 18.9. The minimum atomic E-state index is -0.203.